The van der Waals surface area contributed by atoms with Crippen molar-refractivity contribution in [1.29, 1.82) is 0 Å². The van der Waals surface area contributed by atoms with E-state index in [1.165, 1.54) is 17.1 Å². The highest BCUT2D eigenvalue weighted by Gasteiger charge is 2.36. The molecular formula is C26H22F3N5O. The maximum absolute atomic E-state index is 13.0. The summed E-state index contributed by atoms with van der Waals surface area (Å²) in [5, 5.41) is 1.18. The summed E-state index contributed by atoms with van der Waals surface area (Å²) in [6.45, 7) is 4.92. The van der Waals surface area contributed by atoms with Gasteiger partial charge in [-0.05, 0) is 54.8 Å². The lowest BCUT2D eigenvalue weighted by Gasteiger charge is -2.13. The number of hydrogen-bond acceptors (Lipinski definition) is 5. The SMILES string of the molecule is CCC(C)n1ccc2cc(-c3ccc4oc(N5Cc6cnc(C(F)(F)F)nc6C5)nc4c3)ccc21. The number of benzene rings is 2. The molecule has 0 amide bonds. The minimum atomic E-state index is -4.57. The molecule has 0 bridgehead atoms. The number of fused-ring (bicyclic) bond motifs is 3. The third-order valence-corrected chi connectivity index (χ3v) is 6.68. The summed E-state index contributed by atoms with van der Waals surface area (Å²) in [4.78, 5) is 13.5. The number of halogens is 3. The van der Waals surface area contributed by atoms with Crippen molar-refractivity contribution in [2.24, 2.45) is 0 Å². The van der Waals surface area contributed by atoms with Crippen molar-refractivity contribution in [1.82, 2.24) is 19.5 Å². The number of alkyl halides is 3. The van der Waals surface area contributed by atoms with Gasteiger partial charge < -0.3 is 13.9 Å². The van der Waals surface area contributed by atoms with Crippen LogP contribution in [0.25, 0.3) is 33.1 Å². The molecule has 9 heteroatoms. The van der Waals surface area contributed by atoms with E-state index in [2.05, 4.69) is 63.8 Å². The highest BCUT2D eigenvalue weighted by Crippen LogP contribution is 2.34. The lowest BCUT2D eigenvalue weighted by molar-refractivity contribution is -0.145. The molecule has 2 aromatic carbocycles. The van der Waals surface area contributed by atoms with Crippen LogP contribution in [0.4, 0.5) is 19.2 Å². The van der Waals surface area contributed by atoms with E-state index in [9.17, 15) is 13.2 Å². The number of rotatable bonds is 4. The van der Waals surface area contributed by atoms with Crippen LogP contribution >= 0.6 is 0 Å². The maximum atomic E-state index is 13.0. The van der Waals surface area contributed by atoms with Crippen molar-refractivity contribution < 1.29 is 17.6 Å². The van der Waals surface area contributed by atoms with Gasteiger partial charge >= 0.3 is 6.18 Å². The van der Waals surface area contributed by atoms with Crippen molar-refractivity contribution >= 4 is 28.0 Å². The van der Waals surface area contributed by atoms with Crippen LogP contribution in [0, 0.1) is 0 Å². The van der Waals surface area contributed by atoms with E-state index in [0.717, 1.165) is 17.5 Å². The highest BCUT2D eigenvalue weighted by molar-refractivity contribution is 5.88. The second-order valence-corrected chi connectivity index (χ2v) is 8.95. The summed E-state index contributed by atoms with van der Waals surface area (Å²) >= 11 is 0. The summed E-state index contributed by atoms with van der Waals surface area (Å²) < 4.78 is 47.1. The first-order valence-electron chi connectivity index (χ1n) is 11.5. The van der Waals surface area contributed by atoms with E-state index >= 15 is 0 Å². The molecule has 6 nitrogen and oxygen atoms in total. The molecule has 1 aliphatic heterocycles. The quantitative estimate of drug-likeness (QED) is 0.287. The Morgan fingerprint density at radius 3 is 2.63 bits per heavy atom. The van der Waals surface area contributed by atoms with Crippen molar-refractivity contribution in [3.8, 4) is 11.1 Å². The smallest absolute Gasteiger partial charge is 0.423 e. The molecular weight excluding hydrogens is 455 g/mol. The van der Waals surface area contributed by atoms with Crippen LogP contribution in [-0.2, 0) is 19.3 Å². The van der Waals surface area contributed by atoms with E-state index in [1.807, 2.05) is 18.2 Å². The Hall–Kier alpha value is -3.88. The minimum absolute atomic E-state index is 0.185. The zero-order valence-electron chi connectivity index (χ0n) is 19.2. The molecule has 0 spiro atoms. The molecule has 0 fully saturated rings. The molecule has 1 unspecified atom stereocenters. The molecule has 0 saturated carbocycles. The summed E-state index contributed by atoms with van der Waals surface area (Å²) in [7, 11) is 0. The van der Waals surface area contributed by atoms with Gasteiger partial charge in [-0.25, -0.2) is 9.97 Å². The predicted octanol–water partition coefficient (Wildman–Crippen LogP) is 6.75. The van der Waals surface area contributed by atoms with Crippen LogP contribution in [0.2, 0.25) is 0 Å². The lowest BCUT2D eigenvalue weighted by Crippen LogP contribution is -2.15. The molecule has 0 aliphatic carbocycles. The van der Waals surface area contributed by atoms with Gasteiger partial charge in [-0.3, -0.25) is 0 Å². The van der Waals surface area contributed by atoms with Gasteiger partial charge in [0.25, 0.3) is 6.01 Å². The second-order valence-electron chi connectivity index (χ2n) is 8.95. The third kappa shape index (κ3) is 3.71. The number of oxazole rings is 1. The van der Waals surface area contributed by atoms with Crippen molar-refractivity contribution in [2.75, 3.05) is 4.90 Å². The van der Waals surface area contributed by atoms with Gasteiger partial charge in [-0.15, -0.1) is 0 Å². The normalized spacial score (nSPS) is 14.7. The molecule has 0 N–H and O–H groups in total. The molecule has 3 aromatic heterocycles. The van der Waals surface area contributed by atoms with Gasteiger partial charge in [0, 0.05) is 34.9 Å². The van der Waals surface area contributed by atoms with Gasteiger partial charge in [0.15, 0.2) is 5.58 Å². The molecule has 1 atom stereocenters. The Balaban J connectivity index is 1.29. The zero-order chi connectivity index (χ0) is 24.3. The van der Waals surface area contributed by atoms with Crippen molar-refractivity contribution in [3.05, 3.63) is 71.9 Å². The van der Waals surface area contributed by atoms with Crippen LogP contribution in [-0.4, -0.2) is 19.5 Å². The van der Waals surface area contributed by atoms with Gasteiger partial charge in [0.05, 0.1) is 18.8 Å². The summed E-state index contributed by atoms with van der Waals surface area (Å²) in [5.41, 5.74) is 5.58. The predicted molar refractivity (Wildman–Crippen MR) is 127 cm³/mol. The summed E-state index contributed by atoms with van der Waals surface area (Å²) in [5.74, 6) is -1.13. The molecule has 0 saturated heterocycles. The Kier molecular flexibility index (Phi) is 4.84. The Morgan fingerprint density at radius 2 is 1.83 bits per heavy atom. The van der Waals surface area contributed by atoms with Crippen LogP contribution in [0.3, 0.4) is 0 Å². The number of nitrogens with zero attached hydrogens (tertiary/aromatic N) is 5. The van der Waals surface area contributed by atoms with E-state index in [-0.39, 0.29) is 6.54 Å². The van der Waals surface area contributed by atoms with Crippen LogP contribution < -0.4 is 4.90 Å². The first-order chi connectivity index (χ1) is 16.8. The first-order valence-corrected chi connectivity index (χ1v) is 11.5. The minimum Gasteiger partial charge on any atom is -0.423 e. The Morgan fingerprint density at radius 1 is 1.03 bits per heavy atom. The van der Waals surface area contributed by atoms with E-state index in [4.69, 9.17) is 4.42 Å². The molecule has 5 aromatic rings. The van der Waals surface area contributed by atoms with Crippen molar-refractivity contribution in [3.63, 3.8) is 0 Å². The van der Waals surface area contributed by atoms with Gasteiger partial charge in [0.2, 0.25) is 5.82 Å². The van der Waals surface area contributed by atoms with E-state index in [0.29, 0.717) is 41.0 Å². The second kappa shape index (κ2) is 7.83. The topological polar surface area (TPSA) is 60.0 Å². The Bertz CT molecular complexity index is 1570. The van der Waals surface area contributed by atoms with Gasteiger partial charge in [-0.1, -0.05) is 19.1 Å². The lowest BCUT2D eigenvalue weighted by atomic mass is 10.0. The van der Waals surface area contributed by atoms with Crippen LogP contribution in [0.1, 0.15) is 43.4 Å². The fourth-order valence-electron chi connectivity index (χ4n) is 4.58. The van der Waals surface area contributed by atoms with E-state index in [1.54, 1.807) is 4.90 Å². The molecule has 0 radical (unpaired) electrons. The van der Waals surface area contributed by atoms with Gasteiger partial charge in [-0.2, -0.15) is 18.2 Å². The number of anilines is 1. The maximum Gasteiger partial charge on any atom is 0.451 e. The zero-order valence-corrected chi connectivity index (χ0v) is 19.2. The van der Waals surface area contributed by atoms with Crippen LogP contribution in [0.5, 0.6) is 0 Å². The summed E-state index contributed by atoms with van der Waals surface area (Å²) in [6, 6.07) is 15.2. The standard InChI is InChI=1S/C26H22F3N5O/c1-3-15(2)34-9-8-18-10-16(4-6-22(18)34)17-5-7-23-20(11-17)32-25(35-23)33-13-19-12-30-24(26(27,28)29)31-21(19)14-33/h4-12,15H,3,13-14H2,1-2H3. The summed E-state index contributed by atoms with van der Waals surface area (Å²) in [6.07, 6.45) is -0.145. The fourth-order valence-corrected chi connectivity index (χ4v) is 4.58. The number of hydrogen-bond donors (Lipinski definition) is 0. The number of aromatic nitrogens is 4. The average molecular weight is 477 g/mol. The van der Waals surface area contributed by atoms with Gasteiger partial charge in [0.1, 0.15) is 5.52 Å². The largest absolute Gasteiger partial charge is 0.451 e. The molecule has 1 aliphatic rings. The average Bonchev–Trinajstić information content (AvgIpc) is 3.57. The highest BCUT2D eigenvalue weighted by atomic mass is 19.4. The Labute approximate surface area is 199 Å². The molecule has 6 rings (SSSR count). The monoisotopic (exact) mass is 477 g/mol. The first kappa shape index (κ1) is 21.6. The molecule has 4 heterocycles. The molecule has 35 heavy (non-hydrogen) atoms. The van der Waals surface area contributed by atoms with Crippen LogP contribution in [0.15, 0.2) is 59.3 Å². The van der Waals surface area contributed by atoms with E-state index < -0.39 is 12.0 Å². The van der Waals surface area contributed by atoms with Crippen molar-refractivity contribution in [2.45, 2.75) is 45.6 Å². The molecule has 178 valence electrons. The third-order valence-electron chi connectivity index (χ3n) is 6.68. The fraction of sp³-hybridized carbons (Fsp3) is 0.269.